The Labute approximate surface area is 180 Å². The van der Waals surface area contributed by atoms with E-state index in [2.05, 4.69) is 15.3 Å². The summed E-state index contributed by atoms with van der Waals surface area (Å²) in [7, 11) is -3.65. The van der Waals surface area contributed by atoms with Gasteiger partial charge in [-0.05, 0) is 45.0 Å². The first-order valence-corrected chi connectivity index (χ1v) is 11.5. The molecule has 10 heteroatoms. The number of carbonyl (C=O) groups is 1. The molecular weight excluding hydrogens is 420 g/mol. The number of sulfone groups is 1. The Morgan fingerprint density at radius 3 is 2.55 bits per heavy atom. The van der Waals surface area contributed by atoms with E-state index in [1.54, 1.807) is 51.2 Å². The van der Waals surface area contributed by atoms with Crippen LogP contribution in [-0.2, 0) is 21.0 Å². The molecule has 1 aromatic carbocycles. The molecule has 0 bridgehead atoms. The zero-order chi connectivity index (χ0) is 22.8. The SMILES string of the molecule is CC(C)(C)OC(=O)NCCc1nc2cccc(S(C)(=O)=O)c2c(=O)n1-c1cccnc1. The number of benzene rings is 1. The second-order valence-electron chi connectivity index (χ2n) is 7.98. The first-order valence-electron chi connectivity index (χ1n) is 9.59. The van der Waals surface area contributed by atoms with E-state index in [-0.39, 0.29) is 28.8 Å². The van der Waals surface area contributed by atoms with Crippen molar-refractivity contribution in [2.24, 2.45) is 0 Å². The maximum atomic E-state index is 13.4. The highest BCUT2D eigenvalue weighted by atomic mass is 32.2. The molecular formula is C21H24N4O5S. The van der Waals surface area contributed by atoms with Crippen LogP contribution in [0.3, 0.4) is 0 Å². The van der Waals surface area contributed by atoms with Gasteiger partial charge in [0, 0.05) is 25.4 Å². The van der Waals surface area contributed by atoms with Crippen LogP contribution < -0.4 is 10.9 Å². The zero-order valence-corrected chi connectivity index (χ0v) is 18.6. The number of nitrogens with zero attached hydrogens (tertiary/aromatic N) is 3. The molecule has 0 saturated heterocycles. The minimum atomic E-state index is -3.65. The maximum absolute atomic E-state index is 13.4. The van der Waals surface area contributed by atoms with Crippen LogP contribution in [0.1, 0.15) is 26.6 Å². The van der Waals surface area contributed by atoms with E-state index in [1.807, 2.05) is 0 Å². The Kier molecular flexibility index (Phi) is 6.12. The molecule has 0 aliphatic rings. The number of aromatic nitrogens is 3. The van der Waals surface area contributed by atoms with Gasteiger partial charge in [0.2, 0.25) is 0 Å². The van der Waals surface area contributed by atoms with Gasteiger partial charge in [-0.1, -0.05) is 6.07 Å². The minimum absolute atomic E-state index is 0.0118. The van der Waals surface area contributed by atoms with Gasteiger partial charge in [0.25, 0.3) is 5.56 Å². The first-order chi connectivity index (χ1) is 14.5. The third-order valence-electron chi connectivity index (χ3n) is 4.25. The average Bonchev–Trinajstić information content (AvgIpc) is 2.66. The summed E-state index contributed by atoms with van der Waals surface area (Å²) in [6.45, 7) is 5.45. The van der Waals surface area contributed by atoms with Crippen molar-refractivity contribution in [1.29, 1.82) is 0 Å². The summed E-state index contributed by atoms with van der Waals surface area (Å²) < 4.78 is 31.0. The minimum Gasteiger partial charge on any atom is -0.444 e. The number of hydrogen-bond donors (Lipinski definition) is 1. The van der Waals surface area contributed by atoms with Gasteiger partial charge < -0.3 is 10.1 Å². The van der Waals surface area contributed by atoms with E-state index in [0.29, 0.717) is 11.5 Å². The fraction of sp³-hybridized carbons (Fsp3) is 0.333. The predicted molar refractivity (Wildman–Crippen MR) is 116 cm³/mol. The fourth-order valence-electron chi connectivity index (χ4n) is 3.07. The van der Waals surface area contributed by atoms with Gasteiger partial charge >= 0.3 is 6.09 Å². The van der Waals surface area contributed by atoms with Crippen molar-refractivity contribution in [3.8, 4) is 5.69 Å². The van der Waals surface area contributed by atoms with Crippen LogP contribution in [0.5, 0.6) is 0 Å². The highest BCUT2D eigenvalue weighted by Gasteiger charge is 2.20. The van der Waals surface area contributed by atoms with Crippen LogP contribution in [0.15, 0.2) is 52.4 Å². The Hall–Kier alpha value is -3.27. The van der Waals surface area contributed by atoms with Crippen LogP contribution in [0, 0.1) is 0 Å². The molecule has 1 N–H and O–H groups in total. The molecule has 0 aliphatic carbocycles. The largest absolute Gasteiger partial charge is 0.444 e. The third-order valence-corrected chi connectivity index (χ3v) is 5.39. The van der Waals surface area contributed by atoms with Crippen LogP contribution in [0.4, 0.5) is 4.79 Å². The molecule has 0 radical (unpaired) electrons. The van der Waals surface area contributed by atoms with E-state index >= 15 is 0 Å². The highest BCUT2D eigenvalue weighted by molar-refractivity contribution is 7.91. The zero-order valence-electron chi connectivity index (χ0n) is 17.7. The lowest BCUT2D eigenvalue weighted by atomic mass is 10.2. The van der Waals surface area contributed by atoms with E-state index in [9.17, 15) is 18.0 Å². The second-order valence-corrected chi connectivity index (χ2v) is 9.97. The van der Waals surface area contributed by atoms with Gasteiger partial charge in [-0.25, -0.2) is 18.2 Å². The summed E-state index contributed by atoms with van der Waals surface area (Å²) in [5.74, 6) is 0.354. The molecule has 1 amide bonds. The first kappa shape index (κ1) is 22.4. The van der Waals surface area contributed by atoms with Crippen molar-refractivity contribution in [3.63, 3.8) is 0 Å². The van der Waals surface area contributed by atoms with E-state index in [1.165, 1.54) is 16.8 Å². The van der Waals surface area contributed by atoms with Gasteiger partial charge in [-0.2, -0.15) is 0 Å². The van der Waals surface area contributed by atoms with Crippen molar-refractivity contribution in [2.75, 3.05) is 12.8 Å². The van der Waals surface area contributed by atoms with Crippen LogP contribution in [0.25, 0.3) is 16.6 Å². The molecule has 0 aliphatic heterocycles. The van der Waals surface area contributed by atoms with Crippen LogP contribution >= 0.6 is 0 Å². The normalized spacial score (nSPS) is 12.0. The van der Waals surface area contributed by atoms with Crippen molar-refractivity contribution in [3.05, 3.63) is 58.9 Å². The molecule has 0 atom stereocenters. The van der Waals surface area contributed by atoms with Crippen LogP contribution in [0.2, 0.25) is 0 Å². The van der Waals surface area contributed by atoms with Gasteiger partial charge in [0.05, 0.1) is 27.7 Å². The molecule has 0 spiro atoms. The van der Waals surface area contributed by atoms with Gasteiger partial charge in [0.15, 0.2) is 9.84 Å². The van der Waals surface area contributed by atoms with Crippen molar-refractivity contribution < 1.29 is 17.9 Å². The Morgan fingerprint density at radius 1 is 1.19 bits per heavy atom. The molecule has 3 aromatic rings. The number of rotatable bonds is 5. The lowest BCUT2D eigenvalue weighted by Crippen LogP contribution is -2.34. The molecule has 31 heavy (non-hydrogen) atoms. The monoisotopic (exact) mass is 444 g/mol. The molecule has 9 nitrogen and oxygen atoms in total. The summed E-state index contributed by atoms with van der Waals surface area (Å²) in [6.07, 6.45) is 3.73. The van der Waals surface area contributed by atoms with Crippen molar-refractivity contribution in [2.45, 2.75) is 37.7 Å². The smallest absolute Gasteiger partial charge is 0.407 e. The maximum Gasteiger partial charge on any atom is 0.407 e. The Morgan fingerprint density at radius 2 is 1.94 bits per heavy atom. The molecule has 3 rings (SSSR count). The lowest BCUT2D eigenvalue weighted by molar-refractivity contribution is 0.0528. The molecule has 0 fully saturated rings. The molecule has 2 aromatic heterocycles. The number of nitrogens with one attached hydrogen (secondary N) is 1. The van der Waals surface area contributed by atoms with Crippen LogP contribution in [-0.4, -0.2) is 47.4 Å². The number of fused-ring (bicyclic) bond motifs is 1. The van der Waals surface area contributed by atoms with Gasteiger partial charge in [0.1, 0.15) is 11.4 Å². The highest BCUT2D eigenvalue weighted by Crippen LogP contribution is 2.20. The van der Waals surface area contributed by atoms with Crippen molar-refractivity contribution in [1.82, 2.24) is 19.9 Å². The number of ether oxygens (including phenoxy) is 1. The molecule has 164 valence electrons. The second kappa shape index (κ2) is 8.46. The molecule has 2 heterocycles. The number of amides is 1. The molecule has 0 saturated carbocycles. The fourth-order valence-corrected chi connectivity index (χ4v) is 3.95. The average molecular weight is 445 g/mol. The summed E-state index contributed by atoms with van der Waals surface area (Å²) in [5.41, 5.74) is -0.449. The standard InChI is InChI=1S/C21H24N4O5S/c1-21(2,3)30-20(27)23-12-10-17-24-15-8-5-9-16(31(4,28)29)18(15)19(26)25(17)14-7-6-11-22-13-14/h5-9,11,13H,10,12H2,1-4H3,(H,23,27). The van der Waals surface area contributed by atoms with Gasteiger partial charge in [-0.15, -0.1) is 0 Å². The van der Waals surface area contributed by atoms with Crippen molar-refractivity contribution >= 4 is 26.8 Å². The number of alkyl carbamates (subject to hydrolysis) is 1. The number of hydrogen-bond acceptors (Lipinski definition) is 7. The quantitative estimate of drug-likeness (QED) is 0.641. The summed E-state index contributed by atoms with van der Waals surface area (Å²) in [4.78, 5) is 33.9. The summed E-state index contributed by atoms with van der Waals surface area (Å²) in [6, 6.07) is 7.86. The summed E-state index contributed by atoms with van der Waals surface area (Å²) >= 11 is 0. The predicted octanol–water partition coefficient (Wildman–Crippen LogP) is 2.25. The number of pyridine rings is 1. The van der Waals surface area contributed by atoms with E-state index < -0.39 is 27.1 Å². The Bertz CT molecular complexity index is 1280. The van der Waals surface area contributed by atoms with Gasteiger partial charge in [-0.3, -0.25) is 14.3 Å². The third kappa shape index (κ3) is 5.26. The topological polar surface area (TPSA) is 120 Å². The van der Waals surface area contributed by atoms with E-state index in [0.717, 1.165) is 6.26 Å². The Balaban J connectivity index is 2.09. The molecule has 0 unspecified atom stereocenters. The van der Waals surface area contributed by atoms with E-state index in [4.69, 9.17) is 4.74 Å². The lowest BCUT2D eigenvalue weighted by Gasteiger charge is -2.20. The number of carbonyl (C=O) groups excluding carboxylic acids is 1. The summed E-state index contributed by atoms with van der Waals surface area (Å²) in [5, 5.41) is 2.65.